The molecule has 0 aliphatic carbocycles. The van der Waals surface area contributed by atoms with Crippen molar-refractivity contribution >= 4 is 5.78 Å². The average Bonchev–Trinajstić information content (AvgIpc) is 2.49. The number of unbranched alkanes of at least 4 members (excludes halogenated alkanes) is 6. The van der Waals surface area contributed by atoms with Gasteiger partial charge in [-0.2, -0.15) is 0 Å². The summed E-state index contributed by atoms with van der Waals surface area (Å²) >= 11 is 0. The molecule has 136 valence electrons. The van der Waals surface area contributed by atoms with Gasteiger partial charge in [-0.05, 0) is 53.4 Å². The summed E-state index contributed by atoms with van der Waals surface area (Å²) in [6.07, 6.45) is 11.6. The van der Waals surface area contributed by atoms with Crippen molar-refractivity contribution in [2.75, 3.05) is 13.7 Å². The fourth-order valence-electron chi connectivity index (χ4n) is 2.32. The van der Waals surface area contributed by atoms with E-state index in [0.29, 0.717) is 13.0 Å². The van der Waals surface area contributed by atoms with Gasteiger partial charge in [0, 0.05) is 13.5 Å². The molecule has 0 amide bonds. The van der Waals surface area contributed by atoms with Gasteiger partial charge in [-0.3, -0.25) is 4.79 Å². The van der Waals surface area contributed by atoms with E-state index in [1.165, 1.54) is 25.7 Å². The molecule has 0 aromatic rings. The average molecular weight is 327 g/mol. The Bertz CT molecular complexity index is 332. The summed E-state index contributed by atoms with van der Waals surface area (Å²) < 4.78 is 11.2. The van der Waals surface area contributed by atoms with Crippen LogP contribution in [0.4, 0.5) is 0 Å². The predicted octanol–water partition coefficient (Wildman–Crippen LogP) is 5.47. The Balaban J connectivity index is 3.80. The van der Waals surface area contributed by atoms with Crippen molar-refractivity contribution in [1.82, 2.24) is 0 Å². The molecule has 0 rings (SSSR count). The maximum absolute atomic E-state index is 12.3. The molecule has 0 unspecified atom stereocenters. The van der Waals surface area contributed by atoms with Gasteiger partial charge < -0.3 is 9.47 Å². The summed E-state index contributed by atoms with van der Waals surface area (Å²) in [4.78, 5) is 12.3. The fraction of sp³-hybridized carbons (Fsp3) is 0.850. The van der Waals surface area contributed by atoms with Gasteiger partial charge in [0.05, 0.1) is 12.2 Å². The van der Waals surface area contributed by atoms with E-state index < -0.39 is 5.60 Å². The second kappa shape index (κ2) is 11.8. The van der Waals surface area contributed by atoms with Crippen LogP contribution in [-0.2, 0) is 14.3 Å². The number of carbonyl (C=O) groups is 1. The fourth-order valence-corrected chi connectivity index (χ4v) is 2.32. The van der Waals surface area contributed by atoms with E-state index in [-0.39, 0.29) is 11.4 Å². The van der Waals surface area contributed by atoms with Crippen LogP contribution in [0, 0.1) is 0 Å². The van der Waals surface area contributed by atoms with E-state index in [1.807, 2.05) is 33.8 Å². The van der Waals surface area contributed by atoms with Crippen molar-refractivity contribution in [2.45, 2.75) is 96.7 Å². The van der Waals surface area contributed by atoms with Crippen molar-refractivity contribution in [3.05, 3.63) is 12.7 Å². The summed E-state index contributed by atoms with van der Waals surface area (Å²) in [6.45, 7) is 12.1. The van der Waals surface area contributed by atoms with E-state index in [1.54, 1.807) is 7.11 Å². The Kier molecular flexibility index (Phi) is 11.5. The topological polar surface area (TPSA) is 35.5 Å². The maximum atomic E-state index is 12.3. The standard InChI is InChI=1S/C20H38O3/c1-7-8-9-10-11-12-13-14-15-18(21)20(4,5)23-17-16-19(2,3)22-6/h7H,1,8-17H2,2-6H3. The van der Waals surface area contributed by atoms with E-state index in [2.05, 4.69) is 6.58 Å². The first-order valence-corrected chi connectivity index (χ1v) is 9.08. The Morgan fingerprint density at radius 2 is 1.57 bits per heavy atom. The number of carbonyl (C=O) groups excluding carboxylic acids is 1. The van der Waals surface area contributed by atoms with Gasteiger partial charge >= 0.3 is 0 Å². The van der Waals surface area contributed by atoms with Gasteiger partial charge in [-0.25, -0.2) is 0 Å². The molecule has 23 heavy (non-hydrogen) atoms. The third-order valence-electron chi connectivity index (χ3n) is 4.45. The highest BCUT2D eigenvalue weighted by Crippen LogP contribution is 2.19. The lowest BCUT2D eigenvalue weighted by Crippen LogP contribution is -2.37. The Morgan fingerprint density at radius 3 is 2.13 bits per heavy atom. The lowest BCUT2D eigenvalue weighted by molar-refractivity contribution is -0.142. The number of hydrogen-bond donors (Lipinski definition) is 0. The minimum Gasteiger partial charge on any atom is -0.379 e. The summed E-state index contributed by atoms with van der Waals surface area (Å²) in [7, 11) is 1.70. The van der Waals surface area contributed by atoms with Crippen LogP contribution < -0.4 is 0 Å². The SMILES string of the molecule is C=CCCCCCCCCC(=O)C(C)(C)OCCC(C)(C)OC. The normalized spacial score (nSPS) is 12.4. The summed E-state index contributed by atoms with van der Waals surface area (Å²) in [5.41, 5.74) is -0.890. The minimum atomic E-state index is -0.687. The number of methoxy groups -OCH3 is 1. The third-order valence-corrected chi connectivity index (χ3v) is 4.45. The Labute approximate surface area is 143 Å². The van der Waals surface area contributed by atoms with E-state index in [9.17, 15) is 4.79 Å². The first-order valence-electron chi connectivity index (χ1n) is 9.08. The lowest BCUT2D eigenvalue weighted by Gasteiger charge is -2.28. The zero-order valence-electron chi connectivity index (χ0n) is 16.1. The molecule has 0 fully saturated rings. The molecule has 0 bridgehead atoms. The molecular formula is C20H38O3. The van der Waals surface area contributed by atoms with Crippen molar-refractivity contribution in [1.29, 1.82) is 0 Å². The van der Waals surface area contributed by atoms with E-state index >= 15 is 0 Å². The number of ketones is 1. The number of hydrogen-bond acceptors (Lipinski definition) is 3. The molecule has 0 saturated heterocycles. The molecule has 0 heterocycles. The molecule has 3 heteroatoms. The van der Waals surface area contributed by atoms with Crippen LogP contribution in [0.1, 0.15) is 85.5 Å². The highest BCUT2D eigenvalue weighted by Gasteiger charge is 2.28. The Morgan fingerprint density at radius 1 is 1.00 bits per heavy atom. The molecule has 0 aromatic heterocycles. The molecule has 0 aromatic carbocycles. The summed E-state index contributed by atoms with van der Waals surface area (Å²) in [6, 6.07) is 0. The van der Waals surface area contributed by atoms with Crippen LogP contribution in [0.15, 0.2) is 12.7 Å². The molecular weight excluding hydrogens is 288 g/mol. The van der Waals surface area contributed by atoms with Crippen LogP contribution in [0.25, 0.3) is 0 Å². The van der Waals surface area contributed by atoms with Gasteiger partial charge in [0.2, 0.25) is 0 Å². The molecule has 0 saturated carbocycles. The summed E-state index contributed by atoms with van der Waals surface area (Å²) in [5.74, 6) is 0.208. The first-order chi connectivity index (χ1) is 10.7. The number of allylic oxidation sites excluding steroid dienone is 1. The molecule has 0 spiro atoms. The zero-order valence-corrected chi connectivity index (χ0v) is 16.1. The van der Waals surface area contributed by atoms with Gasteiger partial charge in [-0.15, -0.1) is 6.58 Å². The van der Waals surface area contributed by atoms with Crippen LogP contribution in [0.3, 0.4) is 0 Å². The third kappa shape index (κ3) is 11.5. The van der Waals surface area contributed by atoms with Gasteiger partial charge in [0.25, 0.3) is 0 Å². The number of rotatable bonds is 15. The summed E-state index contributed by atoms with van der Waals surface area (Å²) in [5, 5.41) is 0. The smallest absolute Gasteiger partial charge is 0.164 e. The molecule has 0 N–H and O–H groups in total. The van der Waals surface area contributed by atoms with E-state index in [4.69, 9.17) is 9.47 Å². The van der Waals surface area contributed by atoms with Crippen LogP contribution in [0.2, 0.25) is 0 Å². The Hall–Kier alpha value is -0.670. The zero-order chi connectivity index (χ0) is 17.8. The van der Waals surface area contributed by atoms with Gasteiger partial charge in [0.15, 0.2) is 5.78 Å². The van der Waals surface area contributed by atoms with Crippen LogP contribution in [-0.4, -0.2) is 30.7 Å². The minimum absolute atomic E-state index is 0.204. The lowest BCUT2D eigenvalue weighted by atomic mass is 9.97. The second-order valence-electron chi connectivity index (χ2n) is 7.44. The molecule has 3 nitrogen and oxygen atoms in total. The number of Topliss-reactive ketones (excluding diaryl/α,β-unsaturated/α-hetero) is 1. The highest BCUT2D eigenvalue weighted by atomic mass is 16.5. The molecule has 0 radical (unpaired) electrons. The second-order valence-corrected chi connectivity index (χ2v) is 7.44. The quantitative estimate of drug-likeness (QED) is 0.295. The largest absolute Gasteiger partial charge is 0.379 e. The maximum Gasteiger partial charge on any atom is 0.164 e. The van der Waals surface area contributed by atoms with Crippen molar-refractivity contribution in [2.24, 2.45) is 0 Å². The molecule has 0 aliphatic rings. The van der Waals surface area contributed by atoms with Crippen molar-refractivity contribution < 1.29 is 14.3 Å². The van der Waals surface area contributed by atoms with Crippen molar-refractivity contribution in [3.63, 3.8) is 0 Å². The predicted molar refractivity (Wildman–Crippen MR) is 97.9 cm³/mol. The highest BCUT2D eigenvalue weighted by molar-refractivity contribution is 5.86. The molecule has 0 atom stereocenters. The van der Waals surface area contributed by atoms with Gasteiger partial charge in [0.1, 0.15) is 5.60 Å². The van der Waals surface area contributed by atoms with E-state index in [0.717, 1.165) is 25.7 Å². The van der Waals surface area contributed by atoms with Crippen LogP contribution >= 0.6 is 0 Å². The molecule has 0 aliphatic heterocycles. The van der Waals surface area contributed by atoms with Crippen molar-refractivity contribution in [3.8, 4) is 0 Å². The van der Waals surface area contributed by atoms with Gasteiger partial charge in [-0.1, -0.05) is 31.8 Å². The first kappa shape index (κ1) is 22.3. The van der Waals surface area contributed by atoms with Crippen LogP contribution in [0.5, 0.6) is 0 Å². The number of ether oxygens (including phenoxy) is 2. The monoisotopic (exact) mass is 326 g/mol.